The van der Waals surface area contributed by atoms with Crippen molar-refractivity contribution in [3.63, 3.8) is 0 Å². The van der Waals surface area contributed by atoms with Gasteiger partial charge in [0.15, 0.2) is 0 Å². The first-order chi connectivity index (χ1) is 4.49. The van der Waals surface area contributed by atoms with Crippen molar-refractivity contribution in [2.45, 2.75) is 25.9 Å². The molecule has 0 aromatic rings. The fourth-order valence-corrected chi connectivity index (χ4v) is 1.26. The minimum Gasteiger partial charge on any atom is -0.512 e. The van der Waals surface area contributed by atoms with Crippen molar-refractivity contribution in [1.82, 2.24) is 0 Å². The lowest BCUT2D eigenvalue weighted by molar-refractivity contribution is 0.0956. The predicted molar refractivity (Wildman–Crippen MR) is 39.7 cm³/mol. The monoisotopic (exact) mass is 140 g/mol. The summed E-state index contributed by atoms with van der Waals surface area (Å²) in [6.07, 6.45) is 3.73. The molecule has 2 nitrogen and oxygen atoms in total. The summed E-state index contributed by atoms with van der Waals surface area (Å²) in [6.45, 7) is 3.53. The molecule has 0 fully saturated rings. The molecule has 1 unspecified atom stereocenters. The van der Waals surface area contributed by atoms with E-state index in [0.717, 1.165) is 5.57 Å². The summed E-state index contributed by atoms with van der Waals surface area (Å²) in [7, 11) is 0. The van der Waals surface area contributed by atoms with Crippen LogP contribution in [-0.4, -0.2) is 15.8 Å². The summed E-state index contributed by atoms with van der Waals surface area (Å²) in [5.74, 6) is 0.255. The minimum absolute atomic E-state index is 0.255. The minimum atomic E-state index is -0.858. The molecule has 1 aliphatic carbocycles. The number of allylic oxidation sites excluding steroid dienone is 2. The largest absolute Gasteiger partial charge is 0.512 e. The van der Waals surface area contributed by atoms with E-state index in [1.165, 1.54) is 0 Å². The zero-order valence-corrected chi connectivity index (χ0v) is 6.26. The van der Waals surface area contributed by atoms with E-state index in [9.17, 15) is 5.11 Å². The molecule has 0 aromatic carbocycles. The van der Waals surface area contributed by atoms with Crippen LogP contribution in [-0.2, 0) is 0 Å². The van der Waals surface area contributed by atoms with E-state index in [4.69, 9.17) is 5.11 Å². The smallest absolute Gasteiger partial charge is 0.0957 e. The van der Waals surface area contributed by atoms with Crippen molar-refractivity contribution in [1.29, 1.82) is 0 Å². The molecule has 0 heterocycles. The maximum absolute atomic E-state index is 9.44. The summed E-state index contributed by atoms with van der Waals surface area (Å²) >= 11 is 0. The Kier molecular flexibility index (Phi) is 1.57. The van der Waals surface area contributed by atoms with Gasteiger partial charge >= 0.3 is 0 Å². The van der Waals surface area contributed by atoms with Gasteiger partial charge in [0.2, 0.25) is 0 Å². The maximum Gasteiger partial charge on any atom is 0.0957 e. The topological polar surface area (TPSA) is 40.5 Å². The van der Waals surface area contributed by atoms with Crippen molar-refractivity contribution in [2.24, 2.45) is 0 Å². The molecule has 56 valence electrons. The summed E-state index contributed by atoms with van der Waals surface area (Å²) in [5.41, 5.74) is 0.0527. The Morgan fingerprint density at radius 2 is 2.20 bits per heavy atom. The van der Waals surface area contributed by atoms with E-state index < -0.39 is 5.60 Å². The quantitative estimate of drug-likeness (QED) is 0.535. The highest BCUT2D eigenvalue weighted by Gasteiger charge is 2.22. The van der Waals surface area contributed by atoms with Crippen LogP contribution in [0, 0.1) is 0 Å². The van der Waals surface area contributed by atoms with Crippen LogP contribution in [0.25, 0.3) is 0 Å². The Balaban J connectivity index is 2.88. The van der Waals surface area contributed by atoms with Gasteiger partial charge in [-0.3, -0.25) is 0 Å². The Labute approximate surface area is 60.5 Å². The van der Waals surface area contributed by atoms with E-state index in [1.807, 2.05) is 6.92 Å². The molecule has 10 heavy (non-hydrogen) atoms. The highest BCUT2D eigenvalue weighted by molar-refractivity contribution is 5.28. The third-order valence-corrected chi connectivity index (χ3v) is 1.47. The van der Waals surface area contributed by atoms with E-state index in [1.54, 1.807) is 19.1 Å². The molecule has 1 aliphatic rings. The van der Waals surface area contributed by atoms with Crippen molar-refractivity contribution in [3.05, 3.63) is 23.5 Å². The number of hydrogen-bond acceptors (Lipinski definition) is 2. The highest BCUT2D eigenvalue weighted by Crippen LogP contribution is 2.23. The standard InChI is InChI=1S/C8H12O2/c1-6-3-7(9)5-8(2,10)4-6/h3-4,9-10H,5H2,1-2H3. The SMILES string of the molecule is CC1=CC(C)(O)CC(O)=C1. The Bertz CT molecular complexity index is 199. The molecule has 0 amide bonds. The lowest BCUT2D eigenvalue weighted by Gasteiger charge is -2.22. The average molecular weight is 140 g/mol. The van der Waals surface area contributed by atoms with E-state index >= 15 is 0 Å². The molecular formula is C8H12O2. The molecule has 2 N–H and O–H groups in total. The fraction of sp³-hybridized carbons (Fsp3) is 0.500. The molecule has 2 heteroatoms. The molecule has 0 aliphatic heterocycles. The molecule has 1 rings (SSSR count). The van der Waals surface area contributed by atoms with Gasteiger partial charge in [0.25, 0.3) is 0 Å². The Morgan fingerprint density at radius 1 is 1.60 bits per heavy atom. The molecule has 0 saturated heterocycles. The Morgan fingerprint density at radius 3 is 2.60 bits per heavy atom. The molecular weight excluding hydrogens is 128 g/mol. The third-order valence-electron chi connectivity index (χ3n) is 1.47. The third kappa shape index (κ3) is 1.61. The second-order valence-electron chi connectivity index (χ2n) is 3.06. The summed E-state index contributed by atoms with van der Waals surface area (Å²) in [6, 6.07) is 0. The van der Waals surface area contributed by atoms with Gasteiger partial charge in [0.1, 0.15) is 0 Å². The van der Waals surface area contributed by atoms with Crippen molar-refractivity contribution in [2.75, 3.05) is 0 Å². The van der Waals surface area contributed by atoms with Gasteiger partial charge in [-0.15, -0.1) is 0 Å². The first-order valence-electron chi connectivity index (χ1n) is 3.31. The number of aliphatic hydroxyl groups excluding tert-OH is 1. The molecule has 0 bridgehead atoms. The number of rotatable bonds is 0. The molecule has 1 atom stereocenters. The van der Waals surface area contributed by atoms with E-state index in [0.29, 0.717) is 6.42 Å². The van der Waals surface area contributed by atoms with Gasteiger partial charge in [0, 0.05) is 6.42 Å². The zero-order chi connectivity index (χ0) is 7.78. The van der Waals surface area contributed by atoms with Crippen LogP contribution in [0.1, 0.15) is 20.3 Å². The Hall–Kier alpha value is -0.760. The van der Waals surface area contributed by atoms with Gasteiger partial charge in [-0.1, -0.05) is 0 Å². The van der Waals surface area contributed by atoms with Crippen molar-refractivity contribution >= 4 is 0 Å². The van der Waals surface area contributed by atoms with Crippen LogP contribution in [0.3, 0.4) is 0 Å². The van der Waals surface area contributed by atoms with Gasteiger partial charge < -0.3 is 10.2 Å². The van der Waals surface area contributed by atoms with E-state index in [2.05, 4.69) is 0 Å². The first kappa shape index (κ1) is 7.35. The second-order valence-corrected chi connectivity index (χ2v) is 3.06. The lowest BCUT2D eigenvalue weighted by Crippen LogP contribution is -2.24. The van der Waals surface area contributed by atoms with Gasteiger partial charge in [-0.05, 0) is 31.6 Å². The summed E-state index contributed by atoms with van der Waals surface area (Å²) in [5, 5.41) is 18.5. The maximum atomic E-state index is 9.44. The normalized spacial score (nSPS) is 33.1. The first-order valence-corrected chi connectivity index (χ1v) is 3.31. The van der Waals surface area contributed by atoms with Crippen LogP contribution in [0.5, 0.6) is 0 Å². The van der Waals surface area contributed by atoms with Gasteiger partial charge in [0.05, 0.1) is 11.4 Å². The average Bonchev–Trinajstić information content (AvgIpc) is 1.54. The highest BCUT2D eigenvalue weighted by atomic mass is 16.3. The molecule has 0 radical (unpaired) electrons. The molecule has 0 saturated carbocycles. The van der Waals surface area contributed by atoms with Crippen LogP contribution >= 0.6 is 0 Å². The van der Waals surface area contributed by atoms with Crippen molar-refractivity contribution in [3.8, 4) is 0 Å². The number of aliphatic hydroxyl groups is 2. The zero-order valence-electron chi connectivity index (χ0n) is 6.26. The van der Waals surface area contributed by atoms with Crippen LogP contribution in [0.4, 0.5) is 0 Å². The van der Waals surface area contributed by atoms with Crippen LogP contribution in [0.2, 0.25) is 0 Å². The predicted octanol–water partition coefficient (Wildman–Crippen LogP) is 1.53. The summed E-state index contributed by atoms with van der Waals surface area (Å²) in [4.78, 5) is 0. The lowest BCUT2D eigenvalue weighted by atomic mass is 9.93. The second kappa shape index (κ2) is 2.13. The molecule has 0 spiro atoms. The van der Waals surface area contributed by atoms with Crippen LogP contribution in [0.15, 0.2) is 23.5 Å². The van der Waals surface area contributed by atoms with E-state index in [-0.39, 0.29) is 5.76 Å². The van der Waals surface area contributed by atoms with Crippen LogP contribution < -0.4 is 0 Å². The fourth-order valence-electron chi connectivity index (χ4n) is 1.26. The van der Waals surface area contributed by atoms with Gasteiger partial charge in [-0.25, -0.2) is 0 Å². The molecule has 0 aromatic heterocycles. The summed E-state index contributed by atoms with van der Waals surface area (Å²) < 4.78 is 0. The number of hydrogen-bond donors (Lipinski definition) is 2. The van der Waals surface area contributed by atoms with Gasteiger partial charge in [-0.2, -0.15) is 0 Å². The van der Waals surface area contributed by atoms with Crippen molar-refractivity contribution < 1.29 is 10.2 Å².